The molecule has 0 aromatic rings. The first kappa shape index (κ1) is 13.8. The Balaban J connectivity index is 1.77. The lowest BCUT2D eigenvalue weighted by atomic mass is 9.91. The van der Waals surface area contributed by atoms with Crippen molar-refractivity contribution in [1.29, 1.82) is 0 Å². The average Bonchev–Trinajstić information content (AvgIpc) is 2.38. The highest BCUT2D eigenvalue weighted by Gasteiger charge is 2.28. The van der Waals surface area contributed by atoms with Crippen molar-refractivity contribution in [3.63, 3.8) is 0 Å². The zero-order valence-corrected chi connectivity index (χ0v) is 11.5. The van der Waals surface area contributed by atoms with Crippen LogP contribution in [0.3, 0.4) is 0 Å². The summed E-state index contributed by atoms with van der Waals surface area (Å²) >= 11 is 0. The summed E-state index contributed by atoms with van der Waals surface area (Å²) in [6.07, 6.45) is 6.00. The molecule has 2 fully saturated rings. The third-order valence-electron chi connectivity index (χ3n) is 4.64. The number of hydrogen-bond donors (Lipinski definition) is 2. The van der Waals surface area contributed by atoms with E-state index < -0.39 is 0 Å². The molecule has 2 heterocycles. The fourth-order valence-electron chi connectivity index (χ4n) is 3.24. The van der Waals surface area contributed by atoms with Crippen molar-refractivity contribution in [2.45, 2.75) is 45.1 Å². The van der Waals surface area contributed by atoms with Crippen LogP contribution in [0, 0.1) is 11.8 Å². The van der Waals surface area contributed by atoms with Gasteiger partial charge in [0.15, 0.2) is 0 Å². The highest BCUT2D eigenvalue weighted by molar-refractivity contribution is 5.76. The number of nitrogens with two attached hydrogens (primary N) is 1. The van der Waals surface area contributed by atoms with Gasteiger partial charge in [-0.1, -0.05) is 0 Å². The quantitative estimate of drug-likeness (QED) is 0.784. The van der Waals surface area contributed by atoms with Crippen LogP contribution in [0.5, 0.6) is 0 Å². The summed E-state index contributed by atoms with van der Waals surface area (Å²) in [5.74, 6) is 0.775. The fraction of sp³-hybridized carbons (Fsp3) is 0.929. The summed E-state index contributed by atoms with van der Waals surface area (Å²) in [5.41, 5.74) is 5.44. The maximum absolute atomic E-state index is 11.3. The van der Waals surface area contributed by atoms with Crippen LogP contribution < -0.4 is 11.1 Å². The Morgan fingerprint density at radius 2 is 2.22 bits per heavy atom. The van der Waals surface area contributed by atoms with Crippen molar-refractivity contribution < 1.29 is 4.79 Å². The summed E-state index contributed by atoms with van der Waals surface area (Å²) in [5, 5.41) is 3.47. The van der Waals surface area contributed by atoms with Gasteiger partial charge in [0.25, 0.3) is 0 Å². The zero-order valence-electron chi connectivity index (χ0n) is 11.5. The van der Waals surface area contributed by atoms with Gasteiger partial charge in [0.1, 0.15) is 0 Å². The minimum absolute atomic E-state index is 0.0747. The summed E-state index contributed by atoms with van der Waals surface area (Å²) in [7, 11) is 0. The van der Waals surface area contributed by atoms with Crippen LogP contribution in [0.1, 0.15) is 39.0 Å². The normalized spacial score (nSPS) is 34.4. The fourth-order valence-corrected chi connectivity index (χ4v) is 3.24. The van der Waals surface area contributed by atoms with E-state index in [9.17, 15) is 4.79 Å². The smallest absolute Gasteiger partial charge is 0.221 e. The summed E-state index contributed by atoms with van der Waals surface area (Å²) in [6.45, 7) is 6.62. The molecule has 3 atom stereocenters. The lowest BCUT2D eigenvalue weighted by molar-refractivity contribution is -0.124. The number of amides is 1. The van der Waals surface area contributed by atoms with Gasteiger partial charge in [-0.05, 0) is 64.6 Å². The molecule has 2 aliphatic heterocycles. The second-order valence-electron chi connectivity index (χ2n) is 6.02. The zero-order chi connectivity index (χ0) is 13.0. The number of nitrogens with one attached hydrogen (secondary N) is 1. The van der Waals surface area contributed by atoms with Crippen molar-refractivity contribution in [2.75, 3.05) is 26.2 Å². The molecule has 4 nitrogen and oxygen atoms in total. The van der Waals surface area contributed by atoms with Crippen molar-refractivity contribution in [3.8, 4) is 0 Å². The van der Waals surface area contributed by atoms with Crippen LogP contribution in [0.15, 0.2) is 0 Å². The van der Waals surface area contributed by atoms with E-state index in [4.69, 9.17) is 5.73 Å². The van der Waals surface area contributed by atoms with Crippen LogP contribution >= 0.6 is 0 Å². The topological polar surface area (TPSA) is 58.4 Å². The lowest BCUT2D eigenvalue weighted by Gasteiger charge is -2.38. The minimum Gasteiger partial charge on any atom is -0.369 e. The van der Waals surface area contributed by atoms with E-state index in [0.29, 0.717) is 6.04 Å². The molecule has 0 aliphatic carbocycles. The van der Waals surface area contributed by atoms with E-state index >= 15 is 0 Å². The molecule has 0 spiro atoms. The number of carbonyl (C=O) groups excluding carboxylic acids is 1. The number of likely N-dealkylation sites (tertiary alicyclic amines) is 1. The Labute approximate surface area is 110 Å². The van der Waals surface area contributed by atoms with Crippen LogP contribution in [0.4, 0.5) is 0 Å². The van der Waals surface area contributed by atoms with Crippen LogP contribution in [-0.4, -0.2) is 43.0 Å². The molecule has 0 aromatic carbocycles. The van der Waals surface area contributed by atoms with E-state index in [1.807, 2.05) is 0 Å². The number of primary amides is 1. The number of nitrogens with zero attached hydrogens (tertiary/aromatic N) is 1. The largest absolute Gasteiger partial charge is 0.369 e. The monoisotopic (exact) mass is 253 g/mol. The second-order valence-corrected chi connectivity index (χ2v) is 6.02. The molecule has 18 heavy (non-hydrogen) atoms. The van der Waals surface area contributed by atoms with Crippen molar-refractivity contribution in [3.05, 3.63) is 0 Å². The van der Waals surface area contributed by atoms with Crippen LogP contribution in [0.25, 0.3) is 0 Å². The Hall–Kier alpha value is -0.610. The first-order chi connectivity index (χ1) is 8.66. The highest BCUT2D eigenvalue weighted by Crippen LogP contribution is 2.23. The van der Waals surface area contributed by atoms with Crippen LogP contribution in [-0.2, 0) is 4.79 Å². The van der Waals surface area contributed by atoms with Gasteiger partial charge >= 0.3 is 0 Å². The van der Waals surface area contributed by atoms with Gasteiger partial charge in [0.2, 0.25) is 5.91 Å². The van der Waals surface area contributed by atoms with E-state index in [2.05, 4.69) is 17.1 Å². The van der Waals surface area contributed by atoms with Gasteiger partial charge in [-0.3, -0.25) is 9.69 Å². The maximum Gasteiger partial charge on any atom is 0.221 e. The van der Waals surface area contributed by atoms with Gasteiger partial charge in [-0.15, -0.1) is 0 Å². The van der Waals surface area contributed by atoms with E-state index in [0.717, 1.165) is 31.8 Å². The first-order valence-electron chi connectivity index (χ1n) is 7.41. The van der Waals surface area contributed by atoms with Gasteiger partial charge in [0, 0.05) is 12.6 Å². The van der Waals surface area contributed by atoms with Crippen molar-refractivity contribution >= 4 is 5.91 Å². The molecule has 104 valence electrons. The SMILES string of the molecule is CC1CCC(C(N)=O)CN1CCC1CCCNC1. The predicted octanol–water partition coefficient (Wildman–Crippen LogP) is 0.962. The molecule has 0 radical (unpaired) electrons. The van der Waals surface area contributed by atoms with Gasteiger partial charge in [0.05, 0.1) is 5.92 Å². The molecule has 0 aromatic heterocycles. The highest BCUT2D eigenvalue weighted by atomic mass is 16.1. The molecule has 2 aliphatic rings. The summed E-state index contributed by atoms with van der Waals surface area (Å²) in [6, 6.07) is 0.608. The van der Waals surface area contributed by atoms with Crippen LogP contribution in [0.2, 0.25) is 0 Å². The average molecular weight is 253 g/mol. The molecular weight excluding hydrogens is 226 g/mol. The number of piperidine rings is 2. The third-order valence-corrected chi connectivity index (χ3v) is 4.64. The summed E-state index contributed by atoms with van der Waals surface area (Å²) < 4.78 is 0. The molecule has 2 rings (SSSR count). The standard InChI is InChI=1S/C14H27N3O/c1-11-4-5-13(14(15)18)10-17(11)8-6-12-3-2-7-16-9-12/h11-13,16H,2-10H2,1H3,(H2,15,18). The predicted molar refractivity (Wildman–Crippen MR) is 73.2 cm³/mol. The van der Waals surface area contributed by atoms with Crippen molar-refractivity contribution in [1.82, 2.24) is 10.2 Å². The molecule has 0 saturated carbocycles. The molecule has 3 unspecified atom stereocenters. The molecule has 1 amide bonds. The maximum atomic E-state index is 11.3. The molecular formula is C14H27N3O. The van der Waals surface area contributed by atoms with Gasteiger partial charge in [-0.25, -0.2) is 0 Å². The lowest BCUT2D eigenvalue weighted by Crippen LogP contribution is -2.46. The number of carbonyl (C=O) groups is 1. The van der Waals surface area contributed by atoms with E-state index in [-0.39, 0.29) is 11.8 Å². The minimum atomic E-state index is -0.119. The molecule has 0 bridgehead atoms. The summed E-state index contributed by atoms with van der Waals surface area (Å²) in [4.78, 5) is 13.8. The first-order valence-corrected chi connectivity index (χ1v) is 7.41. The van der Waals surface area contributed by atoms with Crippen molar-refractivity contribution in [2.24, 2.45) is 17.6 Å². The Morgan fingerprint density at radius 1 is 1.39 bits per heavy atom. The number of hydrogen-bond acceptors (Lipinski definition) is 3. The van der Waals surface area contributed by atoms with Gasteiger partial charge < -0.3 is 11.1 Å². The second kappa shape index (κ2) is 6.53. The molecule has 3 N–H and O–H groups in total. The molecule has 2 saturated heterocycles. The molecule has 4 heteroatoms. The Morgan fingerprint density at radius 3 is 2.89 bits per heavy atom. The Bertz CT molecular complexity index is 276. The van der Waals surface area contributed by atoms with E-state index in [1.165, 1.54) is 32.4 Å². The Kier molecular flexibility index (Phi) is 5.01. The number of rotatable bonds is 4. The third kappa shape index (κ3) is 3.69. The van der Waals surface area contributed by atoms with E-state index in [1.54, 1.807) is 0 Å². The van der Waals surface area contributed by atoms with Gasteiger partial charge in [-0.2, -0.15) is 0 Å².